The molecule has 0 bridgehead atoms. The van der Waals surface area contributed by atoms with E-state index >= 15 is 0 Å². The zero-order valence-electron chi connectivity index (χ0n) is 18.7. The van der Waals surface area contributed by atoms with Crippen molar-refractivity contribution in [1.82, 2.24) is 20.2 Å². The van der Waals surface area contributed by atoms with Crippen LogP contribution in [0.4, 0.5) is 0 Å². The Labute approximate surface area is 201 Å². The number of nitrogens with zero attached hydrogens (tertiary/aromatic N) is 4. The van der Waals surface area contributed by atoms with E-state index in [0.717, 1.165) is 28.3 Å². The highest BCUT2D eigenvalue weighted by Gasteiger charge is 2.17. The number of amides is 1. The van der Waals surface area contributed by atoms with Crippen molar-refractivity contribution in [3.05, 3.63) is 84.4 Å². The van der Waals surface area contributed by atoms with E-state index in [2.05, 4.69) is 20.7 Å². The van der Waals surface area contributed by atoms with Gasteiger partial charge in [-0.25, -0.2) is 5.43 Å². The standard InChI is InChI=1S/C25H23N5O3S/c1-32-21-13-11-19(12-14-21)24-28-29-25(30(24)20-8-4-3-5-9-20)34-17-23(31)27-26-16-18-7-6-10-22(15-18)33-2/h3-16H,17H2,1-2H3,(H,27,31). The molecule has 8 nitrogen and oxygen atoms in total. The van der Waals surface area contributed by atoms with Crippen LogP contribution in [0.15, 0.2) is 89.1 Å². The minimum absolute atomic E-state index is 0.128. The van der Waals surface area contributed by atoms with Gasteiger partial charge in [0.05, 0.1) is 26.2 Å². The van der Waals surface area contributed by atoms with E-state index in [-0.39, 0.29) is 11.7 Å². The smallest absolute Gasteiger partial charge is 0.250 e. The summed E-state index contributed by atoms with van der Waals surface area (Å²) < 4.78 is 12.4. The summed E-state index contributed by atoms with van der Waals surface area (Å²) in [5.41, 5.74) is 5.15. The van der Waals surface area contributed by atoms with Crippen LogP contribution in [0.25, 0.3) is 17.1 Å². The molecule has 3 aromatic carbocycles. The van der Waals surface area contributed by atoms with Crippen molar-refractivity contribution in [3.63, 3.8) is 0 Å². The van der Waals surface area contributed by atoms with Crippen LogP contribution in [0.2, 0.25) is 0 Å². The van der Waals surface area contributed by atoms with Crippen molar-refractivity contribution < 1.29 is 14.3 Å². The van der Waals surface area contributed by atoms with Gasteiger partial charge in [0.1, 0.15) is 11.5 Å². The van der Waals surface area contributed by atoms with Crippen LogP contribution in [0, 0.1) is 0 Å². The Hall–Kier alpha value is -4.11. The van der Waals surface area contributed by atoms with Crippen LogP contribution >= 0.6 is 11.8 Å². The third kappa shape index (κ3) is 5.62. The van der Waals surface area contributed by atoms with Crippen LogP contribution in [0.3, 0.4) is 0 Å². The van der Waals surface area contributed by atoms with E-state index in [0.29, 0.717) is 11.0 Å². The Morgan fingerprint density at radius 3 is 2.47 bits per heavy atom. The zero-order chi connectivity index (χ0) is 23.8. The van der Waals surface area contributed by atoms with Crippen LogP contribution in [-0.4, -0.2) is 46.9 Å². The maximum Gasteiger partial charge on any atom is 0.250 e. The summed E-state index contributed by atoms with van der Waals surface area (Å²) in [7, 11) is 3.23. The minimum Gasteiger partial charge on any atom is -0.497 e. The van der Waals surface area contributed by atoms with Gasteiger partial charge in [-0.2, -0.15) is 5.10 Å². The van der Waals surface area contributed by atoms with Crippen LogP contribution in [0.5, 0.6) is 11.5 Å². The topological polar surface area (TPSA) is 90.6 Å². The molecule has 0 atom stereocenters. The van der Waals surface area contributed by atoms with Gasteiger partial charge in [0.2, 0.25) is 0 Å². The maximum atomic E-state index is 12.4. The predicted octanol–water partition coefficient (Wildman–Crippen LogP) is 4.19. The Morgan fingerprint density at radius 2 is 1.74 bits per heavy atom. The number of methoxy groups -OCH3 is 2. The number of carbonyl (C=O) groups excluding carboxylic acids is 1. The summed E-state index contributed by atoms with van der Waals surface area (Å²) in [5.74, 6) is 2.03. The van der Waals surface area contributed by atoms with Gasteiger partial charge in [0.15, 0.2) is 11.0 Å². The largest absolute Gasteiger partial charge is 0.497 e. The summed E-state index contributed by atoms with van der Waals surface area (Å²) >= 11 is 1.28. The maximum absolute atomic E-state index is 12.4. The molecule has 9 heteroatoms. The molecule has 0 aliphatic heterocycles. The molecule has 0 fully saturated rings. The number of rotatable bonds is 9. The Kier molecular flexibility index (Phi) is 7.56. The van der Waals surface area contributed by atoms with Crippen LogP contribution < -0.4 is 14.9 Å². The van der Waals surface area contributed by atoms with E-state index in [1.54, 1.807) is 20.4 Å². The molecule has 1 N–H and O–H groups in total. The molecule has 0 aliphatic rings. The second kappa shape index (κ2) is 11.2. The lowest BCUT2D eigenvalue weighted by Gasteiger charge is -2.10. The summed E-state index contributed by atoms with van der Waals surface area (Å²) in [6.45, 7) is 0. The average Bonchev–Trinajstić information content (AvgIpc) is 3.32. The van der Waals surface area contributed by atoms with Crippen molar-refractivity contribution >= 4 is 23.9 Å². The lowest BCUT2D eigenvalue weighted by Crippen LogP contribution is -2.20. The molecule has 0 radical (unpaired) electrons. The average molecular weight is 474 g/mol. The van der Waals surface area contributed by atoms with E-state index in [4.69, 9.17) is 9.47 Å². The molecule has 0 aliphatic carbocycles. The minimum atomic E-state index is -0.252. The summed E-state index contributed by atoms with van der Waals surface area (Å²) in [6, 6.07) is 24.8. The van der Waals surface area contributed by atoms with Crippen LogP contribution in [-0.2, 0) is 4.79 Å². The number of aromatic nitrogens is 3. The number of hydrogen-bond donors (Lipinski definition) is 1. The first kappa shape index (κ1) is 23.1. The molecule has 0 saturated carbocycles. The van der Waals surface area contributed by atoms with Crippen molar-refractivity contribution in [2.24, 2.45) is 5.10 Å². The zero-order valence-corrected chi connectivity index (χ0v) is 19.5. The van der Waals surface area contributed by atoms with E-state index in [1.165, 1.54) is 11.8 Å². The fourth-order valence-electron chi connectivity index (χ4n) is 3.16. The molecule has 0 saturated heterocycles. The molecule has 172 valence electrons. The first-order valence-corrected chi connectivity index (χ1v) is 11.4. The molecular weight excluding hydrogens is 450 g/mol. The molecule has 1 heterocycles. The van der Waals surface area contributed by atoms with Gasteiger partial charge < -0.3 is 9.47 Å². The number of para-hydroxylation sites is 1. The van der Waals surface area contributed by atoms with Gasteiger partial charge in [0, 0.05) is 11.3 Å². The van der Waals surface area contributed by atoms with Crippen molar-refractivity contribution in [2.45, 2.75) is 5.16 Å². The molecule has 1 aromatic heterocycles. The SMILES string of the molecule is COc1ccc(-c2nnc(SCC(=O)NN=Cc3cccc(OC)c3)n2-c2ccccc2)cc1. The normalized spacial score (nSPS) is 10.9. The van der Waals surface area contributed by atoms with E-state index < -0.39 is 0 Å². The van der Waals surface area contributed by atoms with Gasteiger partial charge in [-0.1, -0.05) is 42.1 Å². The number of hydrazone groups is 1. The van der Waals surface area contributed by atoms with Gasteiger partial charge in [-0.05, 0) is 54.1 Å². The van der Waals surface area contributed by atoms with E-state index in [1.807, 2.05) is 83.4 Å². The first-order valence-electron chi connectivity index (χ1n) is 10.4. The molecule has 0 spiro atoms. The first-order chi connectivity index (χ1) is 16.7. The molecule has 1 amide bonds. The second-order valence-electron chi connectivity index (χ2n) is 7.06. The number of nitrogens with one attached hydrogen (secondary N) is 1. The van der Waals surface area contributed by atoms with Gasteiger partial charge in [0.25, 0.3) is 5.91 Å². The molecule has 4 rings (SSSR count). The molecule has 4 aromatic rings. The number of ether oxygens (including phenoxy) is 2. The number of thioether (sulfide) groups is 1. The number of hydrogen-bond acceptors (Lipinski definition) is 7. The summed E-state index contributed by atoms with van der Waals surface area (Å²) in [5, 5.41) is 13.4. The Bertz CT molecular complexity index is 1270. The highest BCUT2D eigenvalue weighted by Crippen LogP contribution is 2.28. The molecule has 0 unspecified atom stereocenters. The molecular formula is C25H23N5O3S. The monoisotopic (exact) mass is 473 g/mol. The Balaban J connectivity index is 1.48. The third-order valence-electron chi connectivity index (χ3n) is 4.82. The highest BCUT2D eigenvalue weighted by atomic mass is 32.2. The lowest BCUT2D eigenvalue weighted by atomic mass is 10.2. The summed E-state index contributed by atoms with van der Waals surface area (Å²) in [4.78, 5) is 12.4. The predicted molar refractivity (Wildman–Crippen MR) is 133 cm³/mol. The fraction of sp³-hybridized carbons (Fsp3) is 0.120. The van der Waals surface area contributed by atoms with Crippen molar-refractivity contribution in [2.75, 3.05) is 20.0 Å². The summed E-state index contributed by atoms with van der Waals surface area (Å²) in [6.07, 6.45) is 1.57. The second-order valence-corrected chi connectivity index (χ2v) is 8.01. The van der Waals surface area contributed by atoms with Gasteiger partial charge >= 0.3 is 0 Å². The Morgan fingerprint density at radius 1 is 0.971 bits per heavy atom. The molecule has 34 heavy (non-hydrogen) atoms. The van der Waals surface area contributed by atoms with Crippen molar-refractivity contribution in [1.29, 1.82) is 0 Å². The third-order valence-corrected chi connectivity index (χ3v) is 5.75. The van der Waals surface area contributed by atoms with Gasteiger partial charge in [-0.3, -0.25) is 9.36 Å². The lowest BCUT2D eigenvalue weighted by molar-refractivity contribution is -0.118. The van der Waals surface area contributed by atoms with Crippen molar-refractivity contribution in [3.8, 4) is 28.6 Å². The number of carbonyl (C=O) groups is 1. The number of benzene rings is 3. The van der Waals surface area contributed by atoms with Crippen LogP contribution in [0.1, 0.15) is 5.56 Å². The van der Waals surface area contributed by atoms with Gasteiger partial charge in [-0.15, -0.1) is 10.2 Å². The quantitative estimate of drug-likeness (QED) is 0.223. The van der Waals surface area contributed by atoms with E-state index in [9.17, 15) is 4.79 Å². The highest BCUT2D eigenvalue weighted by molar-refractivity contribution is 7.99. The fourth-order valence-corrected chi connectivity index (χ4v) is 3.91.